The lowest BCUT2D eigenvalue weighted by Gasteiger charge is -2.05. The molecule has 0 saturated carbocycles. The molecule has 7 nitrogen and oxygen atoms in total. The Morgan fingerprint density at radius 3 is 2.57 bits per heavy atom. The van der Waals surface area contributed by atoms with Gasteiger partial charge in [-0.25, -0.2) is 4.98 Å². The maximum Gasteiger partial charge on any atom is 0.292 e. The number of nitrogens with one attached hydrogen (secondary N) is 2. The number of carbonyl (C=O) groups is 2. The number of carbonyl (C=O) groups excluding carboxylic acids is 2. The van der Waals surface area contributed by atoms with Gasteiger partial charge in [0.2, 0.25) is 5.82 Å². The van der Waals surface area contributed by atoms with Crippen molar-refractivity contribution in [1.82, 2.24) is 9.38 Å². The molecule has 4 rings (SSSR count). The highest BCUT2D eigenvalue weighted by molar-refractivity contribution is 6.10. The summed E-state index contributed by atoms with van der Waals surface area (Å²) in [5, 5.41) is 14.8. The molecule has 7 heteroatoms. The number of aryl methyl sites for hydroxylation is 1. The molecule has 4 aromatic rings. The zero-order valence-electron chi connectivity index (χ0n) is 16.1. The second-order valence-corrected chi connectivity index (χ2v) is 6.68. The molecule has 0 radical (unpaired) electrons. The van der Waals surface area contributed by atoms with E-state index in [0.717, 1.165) is 5.56 Å². The lowest BCUT2D eigenvalue weighted by molar-refractivity contribution is 0.101. The van der Waals surface area contributed by atoms with E-state index in [1.807, 2.05) is 31.2 Å². The Balaban J connectivity index is 1.69. The molecular formula is C23H17N5O2. The van der Waals surface area contributed by atoms with Gasteiger partial charge < -0.3 is 10.6 Å². The third-order valence-electron chi connectivity index (χ3n) is 4.54. The maximum atomic E-state index is 12.9. The molecule has 0 bridgehead atoms. The largest absolute Gasteiger partial charge is 0.319 e. The van der Waals surface area contributed by atoms with Crippen LogP contribution in [0.4, 0.5) is 11.4 Å². The van der Waals surface area contributed by atoms with Crippen LogP contribution in [-0.4, -0.2) is 21.2 Å². The molecule has 0 saturated heterocycles. The number of amides is 2. The van der Waals surface area contributed by atoms with Crippen molar-refractivity contribution in [2.75, 3.05) is 10.6 Å². The Morgan fingerprint density at radius 2 is 1.77 bits per heavy atom. The number of nitrogens with zero attached hydrogens (tertiary/aromatic N) is 3. The summed E-state index contributed by atoms with van der Waals surface area (Å²) < 4.78 is 1.57. The van der Waals surface area contributed by atoms with Crippen LogP contribution >= 0.6 is 0 Å². The molecule has 2 amide bonds. The quantitative estimate of drug-likeness (QED) is 0.545. The zero-order chi connectivity index (χ0) is 21.1. The van der Waals surface area contributed by atoms with Gasteiger partial charge in [-0.3, -0.25) is 14.0 Å². The summed E-state index contributed by atoms with van der Waals surface area (Å²) in [6, 6.07) is 21.4. The van der Waals surface area contributed by atoms with Crippen LogP contribution in [0.25, 0.3) is 5.52 Å². The van der Waals surface area contributed by atoms with E-state index in [2.05, 4.69) is 15.6 Å². The normalized spacial score (nSPS) is 10.4. The number of hydrogen-bond acceptors (Lipinski definition) is 4. The van der Waals surface area contributed by atoms with E-state index in [9.17, 15) is 14.9 Å². The Bertz CT molecular complexity index is 1320. The maximum absolute atomic E-state index is 12.9. The predicted molar refractivity (Wildman–Crippen MR) is 113 cm³/mol. The van der Waals surface area contributed by atoms with Crippen molar-refractivity contribution >= 4 is 28.7 Å². The minimum absolute atomic E-state index is 0.0887. The molecule has 146 valence electrons. The first kappa shape index (κ1) is 18.9. The first-order valence-corrected chi connectivity index (χ1v) is 9.22. The monoisotopic (exact) mass is 395 g/mol. The fourth-order valence-electron chi connectivity index (χ4n) is 3.15. The Kier molecular flexibility index (Phi) is 4.97. The van der Waals surface area contributed by atoms with Gasteiger partial charge in [0, 0.05) is 11.9 Å². The van der Waals surface area contributed by atoms with Crippen LogP contribution in [0, 0.1) is 18.3 Å². The molecular weight excluding hydrogens is 378 g/mol. The molecule has 30 heavy (non-hydrogen) atoms. The zero-order valence-corrected chi connectivity index (χ0v) is 16.1. The molecule has 0 aliphatic rings. The van der Waals surface area contributed by atoms with Crippen molar-refractivity contribution in [3.8, 4) is 6.07 Å². The number of pyridine rings is 1. The Labute approximate surface area is 172 Å². The molecule has 2 heterocycles. The summed E-state index contributed by atoms with van der Waals surface area (Å²) >= 11 is 0. The second kappa shape index (κ2) is 7.89. The molecule has 2 aromatic carbocycles. The van der Waals surface area contributed by atoms with Gasteiger partial charge in [0.25, 0.3) is 11.8 Å². The van der Waals surface area contributed by atoms with Crippen LogP contribution in [0.15, 0.2) is 72.9 Å². The van der Waals surface area contributed by atoms with E-state index in [0.29, 0.717) is 22.5 Å². The van der Waals surface area contributed by atoms with E-state index >= 15 is 0 Å². The van der Waals surface area contributed by atoms with E-state index < -0.39 is 11.8 Å². The van der Waals surface area contributed by atoms with Gasteiger partial charge in [0.05, 0.1) is 16.8 Å². The summed E-state index contributed by atoms with van der Waals surface area (Å²) in [5.74, 6) is -0.847. The van der Waals surface area contributed by atoms with Gasteiger partial charge in [-0.1, -0.05) is 30.3 Å². The predicted octanol–water partition coefficient (Wildman–Crippen LogP) is 4.02. The van der Waals surface area contributed by atoms with Crippen LogP contribution in [0.3, 0.4) is 0 Å². The Morgan fingerprint density at radius 1 is 0.967 bits per heavy atom. The first-order chi connectivity index (χ1) is 14.6. The van der Waals surface area contributed by atoms with Crippen molar-refractivity contribution in [3.05, 3.63) is 95.6 Å². The number of anilines is 2. The van der Waals surface area contributed by atoms with Crippen LogP contribution < -0.4 is 10.6 Å². The Hall–Kier alpha value is -4.44. The van der Waals surface area contributed by atoms with E-state index in [-0.39, 0.29) is 11.5 Å². The number of fused-ring (bicyclic) bond motifs is 1. The molecule has 2 N–H and O–H groups in total. The van der Waals surface area contributed by atoms with E-state index in [1.165, 1.54) is 0 Å². The summed E-state index contributed by atoms with van der Waals surface area (Å²) in [4.78, 5) is 30.1. The summed E-state index contributed by atoms with van der Waals surface area (Å²) in [5.41, 5.74) is 2.95. The summed E-state index contributed by atoms with van der Waals surface area (Å²) in [6.45, 7) is 1.93. The topological polar surface area (TPSA) is 99.3 Å². The van der Waals surface area contributed by atoms with Crippen LogP contribution in [0.5, 0.6) is 0 Å². The SMILES string of the molecule is Cc1cccc(NC(=O)c2nc(C(=O)Nc3ccccc3C#N)c3ccccn23)c1. The van der Waals surface area contributed by atoms with Gasteiger partial charge in [-0.2, -0.15) is 5.26 Å². The fraction of sp³-hybridized carbons (Fsp3) is 0.0435. The average Bonchev–Trinajstić information content (AvgIpc) is 3.14. The molecule has 0 fully saturated rings. The van der Waals surface area contributed by atoms with Crippen molar-refractivity contribution < 1.29 is 9.59 Å². The molecule has 0 spiro atoms. The number of imidazole rings is 1. The first-order valence-electron chi connectivity index (χ1n) is 9.22. The van der Waals surface area contributed by atoms with Crippen molar-refractivity contribution in [1.29, 1.82) is 5.26 Å². The lowest BCUT2D eigenvalue weighted by atomic mass is 10.2. The average molecular weight is 395 g/mol. The van der Waals surface area contributed by atoms with Crippen molar-refractivity contribution in [3.63, 3.8) is 0 Å². The number of rotatable bonds is 4. The summed E-state index contributed by atoms with van der Waals surface area (Å²) in [7, 11) is 0. The van der Waals surface area contributed by atoms with Gasteiger partial charge in [-0.15, -0.1) is 0 Å². The molecule has 0 atom stereocenters. The van der Waals surface area contributed by atoms with Crippen LogP contribution in [-0.2, 0) is 0 Å². The number of benzene rings is 2. The third kappa shape index (κ3) is 3.62. The lowest BCUT2D eigenvalue weighted by Crippen LogP contribution is -2.16. The minimum atomic E-state index is -0.504. The van der Waals surface area contributed by atoms with E-state index in [4.69, 9.17) is 0 Å². The fourth-order valence-corrected chi connectivity index (χ4v) is 3.15. The highest BCUT2D eigenvalue weighted by Gasteiger charge is 2.22. The van der Waals surface area contributed by atoms with Gasteiger partial charge in [-0.05, 0) is 48.9 Å². The molecule has 0 aliphatic carbocycles. The van der Waals surface area contributed by atoms with Crippen LogP contribution in [0.1, 0.15) is 32.2 Å². The summed E-state index contributed by atoms with van der Waals surface area (Å²) in [6.07, 6.45) is 1.67. The third-order valence-corrected chi connectivity index (χ3v) is 4.54. The number of hydrogen-bond donors (Lipinski definition) is 2. The van der Waals surface area contributed by atoms with Gasteiger partial charge in [0.1, 0.15) is 6.07 Å². The van der Waals surface area contributed by atoms with Crippen molar-refractivity contribution in [2.24, 2.45) is 0 Å². The highest BCUT2D eigenvalue weighted by atomic mass is 16.2. The number of para-hydroxylation sites is 1. The van der Waals surface area contributed by atoms with Crippen molar-refractivity contribution in [2.45, 2.75) is 6.92 Å². The van der Waals surface area contributed by atoms with E-state index in [1.54, 1.807) is 59.1 Å². The smallest absolute Gasteiger partial charge is 0.292 e. The van der Waals surface area contributed by atoms with Gasteiger partial charge in [0.15, 0.2) is 5.69 Å². The second-order valence-electron chi connectivity index (χ2n) is 6.68. The van der Waals surface area contributed by atoms with Gasteiger partial charge >= 0.3 is 0 Å². The molecule has 0 unspecified atom stereocenters. The number of aromatic nitrogens is 2. The molecule has 2 aromatic heterocycles. The molecule has 0 aliphatic heterocycles. The number of nitriles is 1. The minimum Gasteiger partial charge on any atom is -0.319 e. The highest BCUT2D eigenvalue weighted by Crippen LogP contribution is 2.19. The van der Waals surface area contributed by atoms with Crippen LogP contribution in [0.2, 0.25) is 0 Å². The standard InChI is InChI=1S/C23H17N5O2/c1-15-7-6-9-17(13-15)25-23(30)21-27-20(19-11-4-5-12-28(19)21)22(29)26-18-10-3-2-8-16(18)14-24/h2-13H,1H3,(H,25,30)(H,26,29).